The number of allylic oxidation sites excluding steroid dienone is 1. The number of hydrogen-bond acceptors (Lipinski definition) is 0. The first-order valence-electron chi connectivity index (χ1n) is 8.53. The minimum absolute atomic E-state index is 0.543. The third-order valence-electron chi connectivity index (χ3n) is 5.02. The minimum atomic E-state index is 0.543. The van der Waals surface area contributed by atoms with Crippen molar-refractivity contribution in [1.82, 2.24) is 0 Å². The van der Waals surface area contributed by atoms with Gasteiger partial charge in [-0.15, -0.1) is 0 Å². The Kier molecular flexibility index (Phi) is 4.20. The first-order valence-corrected chi connectivity index (χ1v) is 8.53. The van der Waals surface area contributed by atoms with Crippen molar-refractivity contribution in [3.8, 4) is 11.1 Å². The SMILES string of the molecule is CCC(C)C1=Cc2c(ccc(C(C)C)c2-c2ccccc2)C1. The van der Waals surface area contributed by atoms with Crippen molar-refractivity contribution >= 4 is 6.08 Å². The average Bonchev–Trinajstić information content (AvgIpc) is 2.97. The second-order valence-corrected chi connectivity index (χ2v) is 6.83. The van der Waals surface area contributed by atoms with Crippen LogP contribution in [0.2, 0.25) is 0 Å². The van der Waals surface area contributed by atoms with Crippen LogP contribution in [0.3, 0.4) is 0 Å². The molecule has 0 heteroatoms. The van der Waals surface area contributed by atoms with Crippen LogP contribution in [-0.2, 0) is 6.42 Å². The summed E-state index contributed by atoms with van der Waals surface area (Å²) in [7, 11) is 0. The van der Waals surface area contributed by atoms with Gasteiger partial charge < -0.3 is 0 Å². The molecular weight excluding hydrogens is 264 g/mol. The highest BCUT2D eigenvalue weighted by atomic mass is 14.3. The van der Waals surface area contributed by atoms with Gasteiger partial charge in [0.15, 0.2) is 0 Å². The van der Waals surface area contributed by atoms with Crippen LogP contribution < -0.4 is 0 Å². The van der Waals surface area contributed by atoms with Gasteiger partial charge in [-0.05, 0) is 52.5 Å². The number of fused-ring (bicyclic) bond motifs is 1. The van der Waals surface area contributed by atoms with Crippen molar-refractivity contribution in [3.05, 3.63) is 64.7 Å². The maximum absolute atomic E-state index is 2.47. The summed E-state index contributed by atoms with van der Waals surface area (Å²) in [6, 6.07) is 15.6. The van der Waals surface area contributed by atoms with Gasteiger partial charge in [-0.3, -0.25) is 0 Å². The molecule has 2 aromatic rings. The van der Waals surface area contributed by atoms with E-state index in [0.29, 0.717) is 11.8 Å². The van der Waals surface area contributed by atoms with Crippen LogP contribution in [0.5, 0.6) is 0 Å². The Hall–Kier alpha value is -1.82. The summed E-state index contributed by atoms with van der Waals surface area (Å²) >= 11 is 0. The van der Waals surface area contributed by atoms with Gasteiger partial charge in [-0.2, -0.15) is 0 Å². The minimum Gasteiger partial charge on any atom is -0.0648 e. The molecule has 0 aromatic heterocycles. The van der Waals surface area contributed by atoms with Gasteiger partial charge in [0.1, 0.15) is 0 Å². The molecule has 1 aliphatic rings. The number of hydrogen-bond donors (Lipinski definition) is 0. The Labute approximate surface area is 134 Å². The van der Waals surface area contributed by atoms with Gasteiger partial charge in [-0.1, -0.05) is 81.8 Å². The third-order valence-corrected chi connectivity index (χ3v) is 5.02. The van der Waals surface area contributed by atoms with E-state index in [9.17, 15) is 0 Å². The van der Waals surface area contributed by atoms with Gasteiger partial charge in [0.2, 0.25) is 0 Å². The normalized spacial score (nSPS) is 14.9. The molecule has 0 fully saturated rings. The maximum Gasteiger partial charge on any atom is -0.00549 e. The van der Waals surface area contributed by atoms with E-state index in [2.05, 4.69) is 76.2 Å². The first kappa shape index (κ1) is 15.1. The summed E-state index contributed by atoms with van der Waals surface area (Å²) in [6.07, 6.45) is 4.82. The third kappa shape index (κ3) is 2.63. The predicted octanol–water partition coefficient (Wildman–Crippen LogP) is 6.46. The van der Waals surface area contributed by atoms with E-state index in [-0.39, 0.29) is 0 Å². The van der Waals surface area contributed by atoms with E-state index in [0.717, 1.165) is 6.42 Å². The van der Waals surface area contributed by atoms with Crippen LogP contribution >= 0.6 is 0 Å². The fraction of sp³-hybridized carbons (Fsp3) is 0.364. The summed E-state index contributed by atoms with van der Waals surface area (Å²) in [4.78, 5) is 0. The topological polar surface area (TPSA) is 0 Å². The zero-order valence-corrected chi connectivity index (χ0v) is 14.2. The van der Waals surface area contributed by atoms with Crippen molar-refractivity contribution < 1.29 is 0 Å². The number of rotatable bonds is 4. The van der Waals surface area contributed by atoms with Crippen LogP contribution in [0.15, 0.2) is 48.0 Å². The molecule has 0 nitrogen and oxygen atoms in total. The Balaban J connectivity index is 2.19. The van der Waals surface area contributed by atoms with Crippen LogP contribution in [0, 0.1) is 5.92 Å². The molecule has 1 atom stereocenters. The molecule has 3 rings (SSSR count). The first-order chi connectivity index (χ1) is 10.6. The second kappa shape index (κ2) is 6.12. The van der Waals surface area contributed by atoms with E-state index in [1.54, 1.807) is 5.57 Å². The molecule has 0 saturated heterocycles. The standard InChI is InChI=1S/C22H26/c1-5-16(4)19-13-18-11-12-20(15(2)3)22(21(18)14-19)17-9-7-6-8-10-17/h6-12,14-16H,5,13H2,1-4H3. The highest BCUT2D eigenvalue weighted by Crippen LogP contribution is 2.41. The lowest BCUT2D eigenvalue weighted by Gasteiger charge is -2.17. The van der Waals surface area contributed by atoms with Crippen LogP contribution in [0.25, 0.3) is 17.2 Å². The van der Waals surface area contributed by atoms with E-state index in [1.165, 1.54) is 34.2 Å². The quantitative estimate of drug-likeness (QED) is 0.606. The zero-order valence-electron chi connectivity index (χ0n) is 14.2. The molecule has 0 aliphatic heterocycles. The van der Waals surface area contributed by atoms with Crippen molar-refractivity contribution in [2.24, 2.45) is 5.92 Å². The molecular formula is C22H26. The Morgan fingerprint density at radius 3 is 2.32 bits per heavy atom. The van der Waals surface area contributed by atoms with E-state index < -0.39 is 0 Å². The lowest BCUT2D eigenvalue weighted by Crippen LogP contribution is -1.98. The average molecular weight is 290 g/mol. The van der Waals surface area contributed by atoms with Crippen molar-refractivity contribution in [1.29, 1.82) is 0 Å². The van der Waals surface area contributed by atoms with Gasteiger partial charge in [0.25, 0.3) is 0 Å². The molecule has 0 spiro atoms. The summed E-state index contributed by atoms with van der Waals surface area (Å²) in [5.41, 5.74) is 8.82. The maximum atomic E-state index is 2.47. The van der Waals surface area contributed by atoms with E-state index >= 15 is 0 Å². The fourth-order valence-electron chi connectivity index (χ4n) is 3.44. The van der Waals surface area contributed by atoms with Gasteiger partial charge in [0, 0.05) is 0 Å². The molecule has 2 aromatic carbocycles. The fourth-order valence-corrected chi connectivity index (χ4v) is 3.44. The molecule has 0 heterocycles. The van der Waals surface area contributed by atoms with Gasteiger partial charge in [0.05, 0.1) is 0 Å². The zero-order chi connectivity index (χ0) is 15.7. The number of benzene rings is 2. The van der Waals surface area contributed by atoms with Crippen LogP contribution in [0.1, 0.15) is 56.7 Å². The molecule has 0 radical (unpaired) electrons. The van der Waals surface area contributed by atoms with Gasteiger partial charge in [-0.25, -0.2) is 0 Å². The molecule has 0 N–H and O–H groups in total. The molecule has 0 saturated carbocycles. The Morgan fingerprint density at radius 2 is 1.68 bits per heavy atom. The molecule has 114 valence electrons. The molecule has 1 unspecified atom stereocenters. The van der Waals surface area contributed by atoms with E-state index in [4.69, 9.17) is 0 Å². The highest BCUT2D eigenvalue weighted by Gasteiger charge is 2.22. The summed E-state index contributed by atoms with van der Waals surface area (Å²) in [5.74, 6) is 1.22. The lowest BCUT2D eigenvalue weighted by atomic mass is 9.87. The Bertz CT molecular complexity index is 689. The molecule has 0 amide bonds. The van der Waals surface area contributed by atoms with Crippen LogP contribution in [-0.4, -0.2) is 0 Å². The monoisotopic (exact) mass is 290 g/mol. The Morgan fingerprint density at radius 1 is 0.955 bits per heavy atom. The van der Waals surface area contributed by atoms with E-state index in [1.807, 2.05) is 0 Å². The van der Waals surface area contributed by atoms with Crippen molar-refractivity contribution in [3.63, 3.8) is 0 Å². The molecule has 22 heavy (non-hydrogen) atoms. The van der Waals surface area contributed by atoms with Crippen molar-refractivity contribution in [2.75, 3.05) is 0 Å². The summed E-state index contributed by atoms with van der Waals surface area (Å²) in [6.45, 7) is 9.22. The van der Waals surface area contributed by atoms with Gasteiger partial charge >= 0.3 is 0 Å². The second-order valence-electron chi connectivity index (χ2n) is 6.83. The lowest BCUT2D eigenvalue weighted by molar-refractivity contribution is 0.647. The van der Waals surface area contributed by atoms with Crippen LogP contribution in [0.4, 0.5) is 0 Å². The highest BCUT2D eigenvalue weighted by molar-refractivity contribution is 5.83. The molecule has 0 bridgehead atoms. The summed E-state index contributed by atoms with van der Waals surface area (Å²) in [5, 5.41) is 0. The predicted molar refractivity (Wildman–Crippen MR) is 97.1 cm³/mol. The smallest absolute Gasteiger partial charge is 0.00549 e. The summed E-state index contributed by atoms with van der Waals surface area (Å²) < 4.78 is 0. The molecule has 1 aliphatic carbocycles. The van der Waals surface area contributed by atoms with Crippen molar-refractivity contribution in [2.45, 2.75) is 46.5 Å². The largest absolute Gasteiger partial charge is 0.0648 e.